The molecule has 0 radical (unpaired) electrons. The average molecular weight is 537 g/mol. The fourth-order valence-corrected chi connectivity index (χ4v) is 5.84. The molecule has 0 aromatic rings. The zero-order valence-electron chi connectivity index (χ0n) is 27.5. The van der Waals surface area contributed by atoms with Crippen LogP contribution in [0.3, 0.4) is 0 Å². The van der Waals surface area contributed by atoms with Crippen LogP contribution < -0.4 is 0 Å². The summed E-state index contributed by atoms with van der Waals surface area (Å²) in [5.74, 6) is 0. The summed E-state index contributed by atoms with van der Waals surface area (Å²) in [7, 11) is 0. The summed E-state index contributed by atoms with van der Waals surface area (Å²) in [5.41, 5.74) is 0. The fraction of sp³-hybridized carbons (Fsp3) is 1.00. The van der Waals surface area contributed by atoms with Gasteiger partial charge in [-0.05, 0) is 71.4 Å². The summed E-state index contributed by atoms with van der Waals surface area (Å²) >= 11 is 0. The van der Waals surface area contributed by atoms with Crippen LogP contribution in [0.15, 0.2) is 0 Å². The Kier molecular flexibility index (Phi) is 33.1. The van der Waals surface area contributed by atoms with E-state index in [1.54, 1.807) is 0 Å². The molecule has 0 aromatic heterocycles. The number of hydrogen-bond acceptors (Lipinski definition) is 2. The van der Waals surface area contributed by atoms with Gasteiger partial charge in [-0.2, -0.15) is 0 Å². The number of nitrogens with zero attached hydrogens (tertiary/aromatic N) is 2. The van der Waals surface area contributed by atoms with E-state index in [2.05, 4.69) is 37.5 Å². The maximum Gasteiger partial charge on any atom is -0.00183 e. The van der Waals surface area contributed by atoms with E-state index in [4.69, 9.17) is 0 Å². The predicted molar refractivity (Wildman–Crippen MR) is 176 cm³/mol. The fourth-order valence-electron chi connectivity index (χ4n) is 5.84. The summed E-state index contributed by atoms with van der Waals surface area (Å²) in [6, 6.07) is 0. The topological polar surface area (TPSA) is 6.48 Å². The van der Waals surface area contributed by atoms with Gasteiger partial charge >= 0.3 is 0 Å². The maximum absolute atomic E-state index is 2.84. The van der Waals surface area contributed by atoms with E-state index in [0.29, 0.717) is 0 Å². The van der Waals surface area contributed by atoms with E-state index in [0.717, 1.165) is 0 Å². The van der Waals surface area contributed by atoms with Crippen LogP contribution in [0.5, 0.6) is 0 Å². The molecule has 0 saturated heterocycles. The minimum atomic E-state index is 1.23. The highest BCUT2D eigenvalue weighted by atomic mass is 15.1. The summed E-state index contributed by atoms with van der Waals surface area (Å²) in [4.78, 5) is 5.56. The van der Waals surface area contributed by atoms with Crippen molar-refractivity contribution in [2.75, 3.05) is 39.3 Å². The van der Waals surface area contributed by atoms with Crippen molar-refractivity contribution in [3.8, 4) is 0 Å². The first-order chi connectivity index (χ1) is 18.8. The van der Waals surface area contributed by atoms with Gasteiger partial charge in [0.15, 0.2) is 0 Å². The molecule has 0 fully saturated rings. The van der Waals surface area contributed by atoms with Gasteiger partial charge in [-0.3, -0.25) is 0 Å². The van der Waals surface area contributed by atoms with E-state index >= 15 is 0 Å². The molecule has 0 aliphatic carbocycles. The van der Waals surface area contributed by atoms with Crippen molar-refractivity contribution in [1.29, 1.82) is 0 Å². The minimum Gasteiger partial charge on any atom is -0.304 e. The lowest BCUT2D eigenvalue weighted by Crippen LogP contribution is -2.29. The number of unbranched alkanes of at least 4 members (excludes halogenated alkanes) is 22. The SMILES string of the molecule is CCCCCCCCCCN(CC)CCCCN(CCCCCCCCCC)CCCCCCCCCC. The molecule has 0 aliphatic heterocycles. The van der Waals surface area contributed by atoms with Crippen molar-refractivity contribution < 1.29 is 0 Å². The predicted octanol–water partition coefficient (Wildman–Crippen LogP) is 11.8. The van der Waals surface area contributed by atoms with Crippen molar-refractivity contribution in [3.05, 3.63) is 0 Å². The molecule has 0 saturated carbocycles. The molecule has 0 N–H and O–H groups in total. The Bertz CT molecular complexity index is 390. The molecule has 2 heteroatoms. The Balaban J connectivity index is 4.05. The molecule has 0 rings (SSSR count). The highest BCUT2D eigenvalue weighted by molar-refractivity contribution is 4.63. The van der Waals surface area contributed by atoms with Gasteiger partial charge in [0.05, 0.1) is 0 Å². The van der Waals surface area contributed by atoms with Gasteiger partial charge in [0.25, 0.3) is 0 Å². The standard InChI is InChI=1S/C36H76N2/c1-5-9-12-15-18-21-24-27-32-37(8-4)33-30-31-36-38(34-28-25-22-19-16-13-10-6-2)35-29-26-23-20-17-14-11-7-3/h5-36H2,1-4H3. The van der Waals surface area contributed by atoms with E-state index in [1.807, 2.05) is 0 Å². The molecule has 0 aliphatic rings. The third kappa shape index (κ3) is 28.9. The summed E-state index contributed by atoms with van der Waals surface area (Å²) in [5, 5.41) is 0. The van der Waals surface area contributed by atoms with Crippen LogP contribution in [0.2, 0.25) is 0 Å². The second-order valence-electron chi connectivity index (χ2n) is 12.4. The van der Waals surface area contributed by atoms with Gasteiger partial charge in [-0.1, -0.05) is 163 Å². The molecule has 0 unspecified atom stereocenters. The van der Waals surface area contributed by atoms with Crippen LogP contribution >= 0.6 is 0 Å². The lowest BCUT2D eigenvalue weighted by Gasteiger charge is -2.24. The molecule has 0 amide bonds. The Hall–Kier alpha value is -0.0800. The first-order valence-corrected chi connectivity index (χ1v) is 18.2. The van der Waals surface area contributed by atoms with Crippen molar-refractivity contribution in [3.63, 3.8) is 0 Å². The van der Waals surface area contributed by atoms with Crippen molar-refractivity contribution in [2.24, 2.45) is 0 Å². The van der Waals surface area contributed by atoms with E-state index < -0.39 is 0 Å². The molecule has 0 spiro atoms. The molecule has 0 aromatic carbocycles. The lowest BCUT2D eigenvalue weighted by molar-refractivity contribution is 0.236. The van der Waals surface area contributed by atoms with Gasteiger partial charge in [-0.25, -0.2) is 0 Å². The van der Waals surface area contributed by atoms with Crippen LogP contribution in [0.4, 0.5) is 0 Å². The molecule has 0 bridgehead atoms. The molecule has 38 heavy (non-hydrogen) atoms. The third-order valence-corrected chi connectivity index (χ3v) is 8.63. The summed E-state index contributed by atoms with van der Waals surface area (Å²) in [6.45, 7) is 17.2. The van der Waals surface area contributed by atoms with E-state index in [-0.39, 0.29) is 0 Å². The van der Waals surface area contributed by atoms with Gasteiger partial charge in [-0.15, -0.1) is 0 Å². The quantitative estimate of drug-likeness (QED) is 0.0769. The second-order valence-corrected chi connectivity index (χ2v) is 12.4. The minimum absolute atomic E-state index is 1.23. The zero-order chi connectivity index (χ0) is 27.8. The number of hydrogen-bond donors (Lipinski definition) is 0. The second kappa shape index (κ2) is 33.1. The largest absolute Gasteiger partial charge is 0.304 e. The Morgan fingerprint density at radius 2 is 0.447 bits per heavy atom. The lowest BCUT2D eigenvalue weighted by atomic mass is 10.1. The summed E-state index contributed by atoms with van der Waals surface area (Å²) < 4.78 is 0. The Morgan fingerprint density at radius 3 is 0.711 bits per heavy atom. The van der Waals surface area contributed by atoms with Gasteiger partial charge in [0.1, 0.15) is 0 Å². The first kappa shape index (κ1) is 37.9. The van der Waals surface area contributed by atoms with Crippen molar-refractivity contribution in [2.45, 2.75) is 195 Å². The highest BCUT2D eigenvalue weighted by Gasteiger charge is 2.07. The smallest absolute Gasteiger partial charge is 0.00183 e. The van der Waals surface area contributed by atoms with Crippen LogP contribution in [0.1, 0.15) is 195 Å². The Morgan fingerprint density at radius 1 is 0.237 bits per heavy atom. The van der Waals surface area contributed by atoms with Crippen molar-refractivity contribution in [1.82, 2.24) is 9.80 Å². The Labute approximate surface area is 243 Å². The normalized spacial score (nSPS) is 11.8. The van der Waals surface area contributed by atoms with Gasteiger partial charge in [0.2, 0.25) is 0 Å². The molecular weight excluding hydrogens is 460 g/mol. The summed E-state index contributed by atoms with van der Waals surface area (Å²) in [6.07, 6.45) is 37.2. The van der Waals surface area contributed by atoms with Crippen molar-refractivity contribution >= 4 is 0 Å². The maximum atomic E-state index is 2.84. The monoisotopic (exact) mass is 537 g/mol. The molecule has 230 valence electrons. The molecule has 0 heterocycles. The third-order valence-electron chi connectivity index (χ3n) is 8.63. The molecule has 2 nitrogen and oxygen atoms in total. The van der Waals surface area contributed by atoms with Crippen LogP contribution in [-0.2, 0) is 0 Å². The van der Waals surface area contributed by atoms with Gasteiger partial charge in [0, 0.05) is 0 Å². The molecule has 0 atom stereocenters. The van der Waals surface area contributed by atoms with Crippen LogP contribution in [0, 0.1) is 0 Å². The van der Waals surface area contributed by atoms with Crippen LogP contribution in [-0.4, -0.2) is 49.1 Å². The van der Waals surface area contributed by atoms with E-state index in [9.17, 15) is 0 Å². The molecular formula is C36H76N2. The van der Waals surface area contributed by atoms with Gasteiger partial charge < -0.3 is 9.80 Å². The van der Waals surface area contributed by atoms with Crippen LogP contribution in [0.25, 0.3) is 0 Å². The zero-order valence-corrected chi connectivity index (χ0v) is 27.5. The average Bonchev–Trinajstić information content (AvgIpc) is 2.93. The van der Waals surface area contributed by atoms with E-state index in [1.165, 1.54) is 206 Å². The highest BCUT2D eigenvalue weighted by Crippen LogP contribution is 2.13. The first-order valence-electron chi connectivity index (χ1n) is 18.2. The number of rotatable bonds is 33.